The topological polar surface area (TPSA) is 34.1 Å². The highest BCUT2D eigenvalue weighted by molar-refractivity contribution is 6.47. The van der Waals surface area contributed by atoms with Crippen LogP contribution in [-0.4, -0.2) is 23.3 Å². The van der Waals surface area contributed by atoms with Crippen LogP contribution >= 0.6 is 23.2 Å². The van der Waals surface area contributed by atoms with Crippen molar-refractivity contribution < 1.29 is 9.59 Å². The third-order valence-electron chi connectivity index (χ3n) is 0.970. The Kier molecular flexibility index (Phi) is 5.64. The van der Waals surface area contributed by atoms with Gasteiger partial charge in [0.1, 0.15) is 0 Å². The summed E-state index contributed by atoms with van der Waals surface area (Å²) in [6.07, 6.45) is 0.762. The Bertz CT molecular complexity index is 134. The van der Waals surface area contributed by atoms with Gasteiger partial charge in [-0.05, 0) is 6.42 Å². The van der Waals surface area contributed by atoms with E-state index in [1.165, 1.54) is 0 Å². The smallest absolute Gasteiger partial charge is 0.213 e. The molecule has 0 fully saturated rings. The fourth-order valence-electron chi connectivity index (χ4n) is 0.441. The van der Waals surface area contributed by atoms with E-state index in [0.29, 0.717) is 12.3 Å². The van der Waals surface area contributed by atoms with Gasteiger partial charge in [0.15, 0.2) is 5.78 Å². The molecule has 0 unspecified atom stereocenters. The fraction of sp³-hybridized carbons (Fsp3) is 0.667. The van der Waals surface area contributed by atoms with Gasteiger partial charge in [-0.2, -0.15) is 0 Å². The summed E-state index contributed by atoms with van der Waals surface area (Å²) in [6, 6.07) is 0. The van der Waals surface area contributed by atoms with Crippen LogP contribution in [0.5, 0.6) is 0 Å². The monoisotopic (exact) mass is 182 g/mol. The van der Waals surface area contributed by atoms with Crippen molar-refractivity contribution in [3.63, 3.8) is 0 Å². The summed E-state index contributed by atoms with van der Waals surface area (Å²) < 4.78 is 0. The number of rotatable bonds is 5. The lowest BCUT2D eigenvalue weighted by molar-refractivity contribution is -0.135. The first kappa shape index (κ1) is 9.92. The van der Waals surface area contributed by atoms with Crippen LogP contribution in [-0.2, 0) is 9.59 Å². The second kappa shape index (κ2) is 5.69. The van der Waals surface area contributed by atoms with Gasteiger partial charge in [0.05, 0.1) is 5.88 Å². The highest BCUT2D eigenvalue weighted by Gasteiger charge is 2.10. The first-order valence-electron chi connectivity index (χ1n) is 2.90. The van der Waals surface area contributed by atoms with E-state index in [4.69, 9.17) is 23.2 Å². The zero-order chi connectivity index (χ0) is 7.98. The number of alkyl halides is 2. The van der Waals surface area contributed by atoms with Gasteiger partial charge in [-0.1, -0.05) is 0 Å². The van der Waals surface area contributed by atoms with Crippen molar-refractivity contribution >= 4 is 34.8 Å². The quantitative estimate of drug-likeness (QED) is 0.476. The van der Waals surface area contributed by atoms with Crippen molar-refractivity contribution in [2.45, 2.75) is 12.8 Å². The van der Waals surface area contributed by atoms with Crippen molar-refractivity contribution in [3.8, 4) is 0 Å². The molecule has 0 heterocycles. The Hall–Kier alpha value is -0.0800. The Morgan fingerprint density at radius 1 is 1.10 bits per heavy atom. The van der Waals surface area contributed by atoms with E-state index in [1.54, 1.807) is 0 Å². The lowest BCUT2D eigenvalue weighted by Gasteiger charge is -1.92. The van der Waals surface area contributed by atoms with E-state index in [-0.39, 0.29) is 12.3 Å². The van der Waals surface area contributed by atoms with Crippen LogP contribution in [0.2, 0.25) is 0 Å². The summed E-state index contributed by atoms with van der Waals surface area (Å²) in [5.74, 6) is -0.759. The second-order valence-electron chi connectivity index (χ2n) is 1.77. The predicted octanol–water partition coefficient (Wildman–Crippen LogP) is 1.38. The van der Waals surface area contributed by atoms with E-state index < -0.39 is 11.6 Å². The number of carbonyl (C=O) groups is 2. The molecule has 0 amide bonds. The minimum Gasteiger partial charge on any atom is -0.291 e. The highest BCUT2D eigenvalue weighted by Crippen LogP contribution is 1.95. The average Bonchev–Trinajstić information content (AvgIpc) is 1.98. The maximum atomic E-state index is 10.6. The molecule has 0 aromatic carbocycles. The Balaban J connectivity index is 3.52. The summed E-state index contributed by atoms with van der Waals surface area (Å²) >= 11 is 10.4. The minimum atomic E-state index is -0.521. The molecule has 0 bridgehead atoms. The van der Waals surface area contributed by atoms with Crippen molar-refractivity contribution in [2.75, 3.05) is 11.8 Å². The number of halogens is 2. The molecule has 10 heavy (non-hydrogen) atoms. The molecule has 0 N–H and O–H groups in total. The zero-order valence-electron chi connectivity index (χ0n) is 5.40. The summed E-state index contributed by atoms with van der Waals surface area (Å²) in [4.78, 5) is 21.1. The highest BCUT2D eigenvalue weighted by atomic mass is 35.5. The zero-order valence-corrected chi connectivity index (χ0v) is 6.91. The van der Waals surface area contributed by atoms with Crippen LogP contribution in [0.25, 0.3) is 0 Å². The van der Waals surface area contributed by atoms with E-state index in [9.17, 15) is 9.59 Å². The first-order valence-corrected chi connectivity index (χ1v) is 3.97. The molecule has 0 aromatic rings. The molecule has 0 aliphatic rings. The molecule has 0 aromatic heterocycles. The Morgan fingerprint density at radius 3 is 2.10 bits per heavy atom. The van der Waals surface area contributed by atoms with Crippen LogP contribution in [0.1, 0.15) is 12.8 Å². The Labute approximate surface area is 69.5 Å². The van der Waals surface area contributed by atoms with Crippen LogP contribution in [0.15, 0.2) is 0 Å². The lowest BCUT2D eigenvalue weighted by atomic mass is 10.2. The van der Waals surface area contributed by atoms with Crippen molar-refractivity contribution in [2.24, 2.45) is 0 Å². The SMILES string of the molecule is O=C(CCl)C(=O)CCCCl. The number of Topliss-reactive ketones (excluding diaryl/α,β-unsaturated/α-hetero) is 2. The van der Waals surface area contributed by atoms with E-state index in [1.807, 2.05) is 0 Å². The number of carbonyl (C=O) groups excluding carboxylic acids is 2. The molecule has 0 aliphatic heterocycles. The number of hydrogen-bond acceptors (Lipinski definition) is 2. The van der Waals surface area contributed by atoms with Crippen LogP contribution in [0.4, 0.5) is 0 Å². The van der Waals surface area contributed by atoms with Gasteiger partial charge in [0.2, 0.25) is 5.78 Å². The maximum absolute atomic E-state index is 10.6. The average molecular weight is 183 g/mol. The van der Waals surface area contributed by atoms with Crippen LogP contribution in [0, 0.1) is 0 Å². The number of ketones is 2. The predicted molar refractivity (Wildman–Crippen MR) is 40.7 cm³/mol. The third kappa shape index (κ3) is 3.85. The van der Waals surface area contributed by atoms with Crippen molar-refractivity contribution in [1.82, 2.24) is 0 Å². The van der Waals surface area contributed by atoms with Crippen molar-refractivity contribution in [3.05, 3.63) is 0 Å². The normalized spacial score (nSPS) is 9.40. The van der Waals surface area contributed by atoms with Gasteiger partial charge >= 0.3 is 0 Å². The van der Waals surface area contributed by atoms with Gasteiger partial charge in [0, 0.05) is 12.3 Å². The maximum Gasteiger partial charge on any atom is 0.213 e. The molecular weight excluding hydrogens is 175 g/mol. The number of hydrogen-bond donors (Lipinski definition) is 0. The first-order chi connectivity index (χ1) is 4.72. The summed E-state index contributed by atoms with van der Waals surface area (Å²) in [5, 5.41) is 0. The summed E-state index contributed by atoms with van der Waals surface area (Å²) in [7, 11) is 0. The van der Waals surface area contributed by atoms with E-state index >= 15 is 0 Å². The van der Waals surface area contributed by atoms with Gasteiger partial charge in [-0.15, -0.1) is 23.2 Å². The van der Waals surface area contributed by atoms with Gasteiger partial charge in [-0.3, -0.25) is 9.59 Å². The molecule has 58 valence electrons. The fourth-order valence-corrected chi connectivity index (χ4v) is 0.724. The van der Waals surface area contributed by atoms with Crippen molar-refractivity contribution in [1.29, 1.82) is 0 Å². The standard InChI is InChI=1S/C6H8Cl2O2/c7-3-1-2-5(9)6(10)4-8/h1-4H2. The molecule has 0 spiro atoms. The molecular formula is C6H8Cl2O2. The molecule has 0 radical (unpaired) electrons. The van der Waals surface area contributed by atoms with E-state index in [0.717, 1.165) is 0 Å². The van der Waals surface area contributed by atoms with E-state index in [2.05, 4.69) is 0 Å². The lowest BCUT2D eigenvalue weighted by Crippen LogP contribution is -2.14. The largest absolute Gasteiger partial charge is 0.291 e. The molecule has 4 heteroatoms. The van der Waals surface area contributed by atoms with Crippen LogP contribution < -0.4 is 0 Å². The second-order valence-corrected chi connectivity index (χ2v) is 2.42. The molecule has 0 aliphatic carbocycles. The third-order valence-corrected chi connectivity index (χ3v) is 1.48. The van der Waals surface area contributed by atoms with Gasteiger partial charge < -0.3 is 0 Å². The minimum absolute atomic E-state index is 0.217. The molecule has 0 saturated heterocycles. The molecule has 0 saturated carbocycles. The molecule has 0 rings (SSSR count). The summed E-state index contributed by atoms with van der Waals surface area (Å²) in [5.41, 5.74) is 0. The van der Waals surface area contributed by atoms with Gasteiger partial charge in [-0.25, -0.2) is 0 Å². The summed E-state index contributed by atoms with van der Waals surface area (Å²) in [6.45, 7) is 0. The van der Waals surface area contributed by atoms with Crippen LogP contribution in [0.3, 0.4) is 0 Å². The molecule has 0 atom stereocenters. The molecule has 2 nitrogen and oxygen atoms in total. The Morgan fingerprint density at radius 2 is 1.70 bits per heavy atom. The van der Waals surface area contributed by atoms with Gasteiger partial charge in [0.25, 0.3) is 0 Å².